The van der Waals surface area contributed by atoms with Gasteiger partial charge >= 0.3 is 0 Å². The van der Waals surface area contributed by atoms with Gasteiger partial charge in [-0.2, -0.15) is 5.26 Å². The molecule has 5 heteroatoms. The van der Waals surface area contributed by atoms with Gasteiger partial charge in [0.1, 0.15) is 0 Å². The second kappa shape index (κ2) is 12.0. The van der Waals surface area contributed by atoms with Crippen molar-refractivity contribution in [1.29, 1.82) is 5.26 Å². The molecule has 1 aliphatic carbocycles. The predicted molar refractivity (Wildman–Crippen MR) is 205 cm³/mol. The number of nitriles is 1. The zero-order chi connectivity index (χ0) is 34.5. The molecular weight excluding hydrogens is 623 g/mol. The van der Waals surface area contributed by atoms with Crippen molar-refractivity contribution < 1.29 is 0 Å². The van der Waals surface area contributed by atoms with E-state index in [-0.39, 0.29) is 5.41 Å². The van der Waals surface area contributed by atoms with E-state index in [1.54, 1.807) is 0 Å². The van der Waals surface area contributed by atoms with Gasteiger partial charge in [-0.05, 0) is 80.7 Å². The van der Waals surface area contributed by atoms with Crippen LogP contribution in [-0.2, 0) is 5.41 Å². The Kier molecular flexibility index (Phi) is 7.12. The molecule has 0 saturated carbocycles. The maximum atomic E-state index is 9.65. The van der Waals surface area contributed by atoms with Gasteiger partial charge in [0.15, 0.2) is 17.5 Å². The number of pyridine rings is 1. The normalized spacial score (nSPS) is 12.6. The maximum absolute atomic E-state index is 9.65. The summed E-state index contributed by atoms with van der Waals surface area (Å²) < 4.78 is 0. The first kappa shape index (κ1) is 30.3. The molecule has 0 radical (unpaired) electrons. The highest BCUT2D eigenvalue weighted by Crippen LogP contribution is 2.50. The highest BCUT2D eigenvalue weighted by molar-refractivity contribution is 5.97. The second-order valence-electron chi connectivity index (χ2n) is 13.5. The van der Waals surface area contributed by atoms with Crippen LogP contribution in [0.25, 0.3) is 78.3 Å². The van der Waals surface area contributed by atoms with Gasteiger partial charge in [-0.1, -0.05) is 117 Å². The minimum absolute atomic E-state index is 0.267. The molecule has 240 valence electrons. The van der Waals surface area contributed by atoms with E-state index in [1.807, 2.05) is 91.3 Å². The van der Waals surface area contributed by atoms with Crippen molar-refractivity contribution in [3.8, 4) is 73.6 Å². The molecule has 0 saturated heterocycles. The summed E-state index contributed by atoms with van der Waals surface area (Å²) in [7, 11) is 0. The van der Waals surface area contributed by atoms with Crippen LogP contribution in [0.3, 0.4) is 0 Å². The van der Waals surface area contributed by atoms with Crippen LogP contribution in [0.4, 0.5) is 0 Å². The number of rotatable bonds is 5. The van der Waals surface area contributed by atoms with Crippen molar-refractivity contribution in [3.63, 3.8) is 0 Å². The van der Waals surface area contributed by atoms with Crippen LogP contribution in [0, 0.1) is 11.3 Å². The first-order valence-corrected chi connectivity index (χ1v) is 17.0. The van der Waals surface area contributed by atoms with E-state index in [9.17, 15) is 5.26 Å². The Balaban J connectivity index is 1.27. The first-order chi connectivity index (χ1) is 25.0. The SMILES string of the molecule is CC1(C)c2cc(C#N)ccc2-c2ccc(-c3cc(-c4nc(-c5ccccc5)nc(-c5ccccc5)n4)cc(-c4cncc5ccccc45)c3)cc21. The van der Waals surface area contributed by atoms with Crippen LogP contribution >= 0.6 is 0 Å². The van der Waals surface area contributed by atoms with Crippen LogP contribution in [0.2, 0.25) is 0 Å². The molecule has 0 atom stereocenters. The Labute approximate surface area is 296 Å². The fourth-order valence-electron chi connectivity index (χ4n) is 7.35. The van der Waals surface area contributed by atoms with E-state index < -0.39 is 0 Å². The third-order valence-corrected chi connectivity index (χ3v) is 10.0. The highest BCUT2D eigenvalue weighted by Gasteiger charge is 2.36. The largest absolute Gasteiger partial charge is 0.263 e. The van der Waals surface area contributed by atoms with E-state index in [2.05, 4.69) is 85.6 Å². The fraction of sp³-hybridized carbons (Fsp3) is 0.0652. The summed E-state index contributed by atoms with van der Waals surface area (Å²) in [4.78, 5) is 19.8. The molecule has 8 aromatic rings. The third-order valence-electron chi connectivity index (χ3n) is 10.0. The van der Waals surface area contributed by atoms with Crippen LogP contribution in [0.5, 0.6) is 0 Å². The van der Waals surface area contributed by atoms with Crippen LogP contribution in [-0.4, -0.2) is 19.9 Å². The fourth-order valence-corrected chi connectivity index (χ4v) is 7.35. The summed E-state index contributed by atoms with van der Waals surface area (Å²) >= 11 is 0. The Bertz CT molecular complexity index is 2610. The van der Waals surface area contributed by atoms with Gasteiger partial charge < -0.3 is 0 Å². The van der Waals surface area contributed by atoms with Crippen molar-refractivity contribution in [2.75, 3.05) is 0 Å². The smallest absolute Gasteiger partial charge is 0.164 e. The molecule has 0 aliphatic heterocycles. The van der Waals surface area contributed by atoms with Crippen molar-refractivity contribution >= 4 is 10.8 Å². The molecule has 0 bridgehead atoms. The molecule has 0 unspecified atom stereocenters. The molecule has 0 spiro atoms. The lowest BCUT2D eigenvalue weighted by Crippen LogP contribution is -2.15. The molecule has 5 nitrogen and oxygen atoms in total. The monoisotopic (exact) mass is 653 g/mol. The molecule has 2 aromatic heterocycles. The molecule has 9 rings (SSSR count). The minimum atomic E-state index is -0.267. The van der Waals surface area contributed by atoms with E-state index in [0.29, 0.717) is 23.0 Å². The Morgan fingerprint density at radius 2 is 1.04 bits per heavy atom. The minimum Gasteiger partial charge on any atom is -0.263 e. The van der Waals surface area contributed by atoms with Crippen molar-refractivity contribution in [2.45, 2.75) is 19.3 Å². The second-order valence-corrected chi connectivity index (χ2v) is 13.5. The lowest BCUT2D eigenvalue weighted by molar-refractivity contribution is 0.660. The lowest BCUT2D eigenvalue weighted by atomic mass is 9.81. The molecule has 0 fully saturated rings. The summed E-state index contributed by atoms with van der Waals surface area (Å²) in [5.74, 6) is 1.83. The van der Waals surface area contributed by atoms with Gasteiger partial charge in [-0.15, -0.1) is 0 Å². The number of hydrogen-bond acceptors (Lipinski definition) is 5. The predicted octanol–water partition coefficient (Wildman–Crippen LogP) is 10.9. The molecule has 51 heavy (non-hydrogen) atoms. The first-order valence-electron chi connectivity index (χ1n) is 17.0. The molecule has 2 heterocycles. The Hall–Kier alpha value is -6.77. The van der Waals surface area contributed by atoms with Gasteiger partial charge in [-0.3, -0.25) is 4.98 Å². The van der Waals surface area contributed by atoms with E-state index in [0.717, 1.165) is 49.7 Å². The van der Waals surface area contributed by atoms with Crippen molar-refractivity contribution in [3.05, 3.63) is 169 Å². The lowest BCUT2D eigenvalue weighted by Gasteiger charge is -2.22. The standard InChI is InChI=1S/C46H31N5/c1-46(2)41-21-29(26-47)17-19-38(41)39-20-18-32(25-42(39)46)34-22-35(40-28-48-27-33-15-9-10-16-37(33)40)24-36(23-34)45-50-43(30-11-5-3-6-12-30)49-44(51-45)31-13-7-4-8-14-31/h3-25,27-28H,1-2H3. The van der Waals surface area contributed by atoms with Gasteiger partial charge in [0.05, 0.1) is 11.6 Å². The summed E-state index contributed by atoms with van der Waals surface area (Å²) in [6, 6.07) is 50.2. The van der Waals surface area contributed by atoms with Gasteiger partial charge in [0, 0.05) is 45.4 Å². The third kappa shape index (κ3) is 5.26. The van der Waals surface area contributed by atoms with Crippen LogP contribution in [0.1, 0.15) is 30.5 Å². The molecule has 0 amide bonds. The van der Waals surface area contributed by atoms with Gasteiger partial charge in [-0.25, -0.2) is 15.0 Å². The van der Waals surface area contributed by atoms with E-state index >= 15 is 0 Å². The molecular formula is C46H31N5. The topological polar surface area (TPSA) is 75.3 Å². The summed E-state index contributed by atoms with van der Waals surface area (Å²) in [6.45, 7) is 4.49. The quantitative estimate of drug-likeness (QED) is 0.185. The molecule has 6 aromatic carbocycles. The zero-order valence-corrected chi connectivity index (χ0v) is 28.2. The number of fused-ring (bicyclic) bond motifs is 4. The Morgan fingerprint density at radius 1 is 0.471 bits per heavy atom. The van der Waals surface area contributed by atoms with E-state index in [4.69, 9.17) is 15.0 Å². The summed E-state index contributed by atoms with van der Waals surface area (Å²) in [5.41, 5.74) is 12.1. The molecule has 1 aliphatic rings. The molecule has 0 N–H and O–H groups in total. The zero-order valence-electron chi connectivity index (χ0n) is 28.2. The number of nitrogens with zero attached hydrogens (tertiary/aromatic N) is 5. The van der Waals surface area contributed by atoms with Crippen molar-refractivity contribution in [1.82, 2.24) is 19.9 Å². The maximum Gasteiger partial charge on any atom is 0.164 e. The van der Waals surface area contributed by atoms with Gasteiger partial charge in [0.25, 0.3) is 0 Å². The van der Waals surface area contributed by atoms with E-state index in [1.165, 1.54) is 22.3 Å². The van der Waals surface area contributed by atoms with Crippen molar-refractivity contribution in [2.24, 2.45) is 0 Å². The Morgan fingerprint density at radius 3 is 1.73 bits per heavy atom. The number of benzene rings is 6. The van der Waals surface area contributed by atoms with Gasteiger partial charge in [0.2, 0.25) is 0 Å². The average molecular weight is 654 g/mol. The van der Waals surface area contributed by atoms with Crippen LogP contribution in [0.15, 0.2) is 152 Å². The summed E-state index contributed by atoms with van der Waals surface area (Å²) in [6.07, 6.45) is 3.85. The number of aromatic nitrogens is 4. The average Bonchev–Trinajstić information content (AvgIpc) is 3.42. The van der Waals surface area contributed by atoms with Crippen LogP contribution < -0.4 is 0 Å². The highest BCUT2D eigenvalue weighted by atomic mass is 15.0. The number of hydrogen-bond donors (Lipinski definition) is 0. The summed E-state index contributed by atoms with van der Waals surface area (Å²) in [5, 5.41) is 11.9.